The molecule has 0 spiro atoms. The van der Waals surface area contributed by atoms with Gasteiger partial charge in [-0.3, -0.25) is 0 Å². The smallest absolute Gasteiger partial charge is 0.00566 e. The van der Waals surface area contributed by atoms with Crippen LogP contribution >= 0.6 is 0 Å². The van der Waals surface area contributed by atoms with Crippen LogP contribution in [0.15, 0.2) is 11.6 Å². The van der Waals surface area contributed by atoms with Gasteiger partial charge in [0.2, 0.25) is 0 Å². The molecule has 0 N–H and O–H groups in total. The molecule has 0 heteroatoms. The van der Waals surface area contributed by atoms with Crippen LogP contribution in [0, 0.1) is 13.8 Å². The lowest BCUT2D eigenvalue weighted by Crippen LogP contribution is -1.60. The van der Waals surface area contributed by atoms with Crippen molar-refractivity contribution in [1.29, 1.82) is 0 Å². The maximum atomic E-state index is 5.04. The molecule has 0 aromatic rings. The lowest BCUT2D eigenvalue weighted by Gasteiger charge is -1.78. The summed E-state index contributed by atoms with van der Waals surface area (Å²) in [6, 6.07) is 0. The molecule has 0 saturated carbocycles. The quantitative estimate of drug-likeness (QED) is 0.450. The molecule has 0 saturated heterocycles. The van der Waals surface area contributed by atoms with E-state index in [9.17, 15) is 0 Å². The van der Waals surface area contributed by atoms with Gasteiger partial charge in [0.05, 0.1) is 0 Å². The third kappa shape index (κ3) is 3.74. The highest BCUT2D eigenvalue weighted by Gasteiger charge is 1.68. The van der Waals surface area contributed by atoms with Crippen LogP contribution in [0.1, 0.15) is 13.3 Å². The summed E-state index contributed by atoms with van der Waals surface area (Å²) in [4.78, 5) is 0. The molecule has 0 aliphatic rings. The van der Waals surface area contributed by atoms with Gasteiger partial charge in [-0.1, -0.05) is 18.6 Å². The average molecular weight is 80.1 g/mol. The summed E-state index contributed by atoms with van der Waals surface area (Å²) in [6.07, 6.45) is 2.68. The first-order valence-corrected chi connectivity index (χ1v) is 1.98. The first-order chi connectivity index (χ1) is 2.77. The zero-order valence-electron chi connectivity index (χ0n) is 3.94. The molecule has 0 amide bonds. The Balaban J connectivity index is 3.14. The zero-order chi connectivity index (χ0) is 4.99. The van der Waals surface area contributed by atoms with E-state index in [-0.39, 0.29) is 0 Å². The summed E-state index contributed by atoms with van der Waals surface area (Å²) in [7, 11) is 0. The summed E-state index contributed by atoms with van der Waals surface area (Å²) in [6.45, 7) is 12.1. The standard InChI is InChI=1S/C6H8/c1-4-5-6(2)3/h2-3,5H,4H2,1H3. The molecule has 0 unspecified atom stereocenters. The van der Waals surface area contributed by atoms with E-state index in [1.165, 1.54) is 0 Å². The van der Waals surface area contributed by atoms with Gasteiger partial charge in [0, 0.05) is 0 Å². The van der Waals surface area contributed by atoms with Crippen LogP contribution in [0.5, 0.6) is 0 Å². The van der Waals surface area contributed by atoms with Crippen molar-refractivity contribution >= 4 is 0 Å². The van der Waals surface area contributed by atoms with Crippen molar-refractivity contribution in [3.8, 4) is 0 Å². The Hall–Kier alpha value is -0.260. The van der Waals surface area contributed by atoms with Gasteiger partial charge in [-0.2, -0.15) is 0 Å². The van der Waals surface area contributed by atoms with Crippen LogP contribution in [0.3, 0.4) is 0 Å². The van der Waals surface area contributed by atoms with Crippen molar-refractivity contribution < 1.29 is 0 Å². The fraction of sp³-hybridized carbons (Fsp3) is 0.333. The zero-order valence-corrected chi connectivity index (χ0v) is 3.94. The van der Waals surface area contributed by atoms with Crippen molar-refractivity contribution in [2.24, 2.45) is 0 Å². The Morgan fingerprint density at radius 3 is 2.17 bits per heavy atom. The van der Waals surface area contributed by atoms with Gasteiger partial charge >= 0.3 is 0 Å². The second-order valence-electron chi connectivity index (χ2n) is 1.11. The highest BCUT2D eigenvalue weighted by atomic mass is 13.7. The molecule has 0 atom stereocenters. The third-order valence-corrected chi connectivity index (χ3v) is 0.440. The maximum absolute atomic E-state index is 5.04. The Labute approximate surface area is 39.9 Å². The van der Waals surface area contributed by atoms with Crippen molar-refractivity contribution in [3.05, 3.63) is 25.5 Å². The molecule has 32 valence electrons. The molecule has 0 aliphatic carbocycles. The van der Waals surface area contributed by atoms with E-state index in [0.717, 1.165) is 6.42 Å². The Kier molecular flexibility index (Phi) is 2.82. The summed E-state index contributed by atoms with van der Waals surface area (Å²) < 4.78 is 0. The van der Waals surface area contributed by atoms with Crippen molar-refractivity contribution in [1.82, 2.24) is 0 Å². The first-order valence-electron chi connectivity index (χ1n) is 1.98. The number of rotatable bonds is 1. The second-order valence-corrected chi connectivity index (χ2v) is 1.11. The van der Waals surface area contributed by atoms with Gasteiger partial charge in [0.25, 0.3) is 0 Å². The normalized spacial score (nSPS) is 7.83. The largest absolute Gasteiger partial charge is 0.0850 e. The summed E-state index contributed by atoms with van der Waals surface area (Å²) >= 11 is 0. The van der Waals surface area contributed by atoms with Crippen molar-refractivity contribution in [2.75, 3.05) is 0 Å². The van der Waals surface area contributed by atoms with E-state index in [0.29, 0.717) is 5.57 Å². The van der Waals surface area contributed by atoms with Crippen molar-refractivity contribution in [2.45, 2.75) is 13.3 Å². The molecule has 0 aliphatic heterocycles. The molecule has 0 rings (SSSR count). The topological polar surface area (TPSA) is 0 Å². The maximum Gasteiger partial charge on any atom is -0.00566 e. The predicted molar refractivity (Wildman–Crippen MR) is 27.0 cm³/mol. The molecule has 0 aromatic heterocycles. The number of hydrogen-bond acceptors (Lipinski definition) is 0. The Morgan fingerprint density at radius 2 is 2.17 bits per heavy atom. The van der Waals surface area contributed by atoms with Gasteiger partial charge in [-0.05, 0) is 20.3 Å². The second kappa shape index (κ2) is 2.95. The van der Waals surface area contributed by atoms with E-state index in [1.807, 2.05) is 6.92 Å². The van der Waals surface area contributed by atoms with Gasteiger partial charge < -0.3 is 0 Å². The minimum Gasteiger partial charge on any atom is -0.0850 e. The lowest BCUT2D eigenvalue weighted by atomic mass is 10.3. The van der Waals surface area contributed by atoms with E-state index in [4.69, 9.17) is 13.8 Å². The van der Waals surface area contributed by atoms with E-state index in [2.05, 4.69) is 0 Å². The van der Waals surface area contributed by atoms with Crippen LogP contribution in [0.25, 0.3) is 0 Å². The summed E-state index contributed by atoms with van der Waals surface area (Å²) in [5.41, 5.74) is 0.414. The van der Waals surface area contributed by atoms with E-state index < -0.39 is 0 Å². The molecule has 0 aromatic carbocycles. The highest BCUT2D eigenvalue weighted by molar-refractivity contribution is 5.07. The molecule has 0 nitrogen and oxygen atoms in total. The monoisotopic (exact) mass is 80.1 g/mol. The minimum absolute atomic E-state index is 0.414. The summed E-state index contributed by atoms with van der Waals surface area (Å²) in [5, 5.41) is 0. The van der Waals surface area contributed by atoms with E-state index in [1.54, 1.807) is 6.08 Å². The van der Waals surface area contributed by atoms with Gasteiger partial charge in [0.1, 0.15) is 0 Å². The van der Waals surface area contributed by atoms with Gasteiger partial charge in [-0.15, -0.1) is 0 Å². The Bertz CT molecular complexity index is 47.1. The molecule has 0 fully saturated rings. The summed E-state index contributed by atoms with van der Waals surface area (Å²) in [5.74, 6) is 0. The van der Waals surface area contributed by atoms with Crippen LogP contribution in [-0.2, 0) is 0 Å². The van der Waals surface area contributed by atoms with Crippen LogP contribution in [0.2, 0.25) is 0 Å². The van der Waals surface area contributed by atoms with Gasteiger partial charge in [0.15, 0.2) is 0 Å². The van der Waals surface area contributed by atoms with Gasteiger partial charge in [-0.25, -0.2) is 0 Å². The van der Waals surface area contributed by atoms with Crippen LogP contribution in [-0.4, -0.2) is 0 Å². The molecule has 0 heterocycles. The first kappa shape index (κ1) is 5.74. The fourth-order valence-electron chi connectivity index (χ4n) is 0.236. The lowest BCUT2D eigenvalue weighted by molar-refractivity contribution is 1.21. The number of allylic oxidation sites excluding steroid dienone is 2. The highest BCUT2D eigenvalue weighted by Crippen LogP contribution is 1.87. The number of hydrogen-bond donors (Lipinski definition) is 0. The average Bonchev–Trinajstić information content (AvgIpc) is 1.35. The molecular weight excluding hydrogens is 72.1 g/mol. The third-order valence-electron chi connectivity index (χ3n) is 0.440. The molecular formula is C6H8. The minimum atomic E-state index is 0.414. The molecule has 0 bridgehead atoms. The fourth-order valence-corrected chi connectivity index (χ4v) is 0.236. The van der Waals surface area contributed by atoms with E-state index >= 15 is 0 Å². The Morgan fingerprint density at radius 1 is 1.67 bits per heavy atom. The molecule has 6 heavy (non-hydrogen) atoms. The van der Waals surface area contributed by atoms with Crippen molar-refractivity contribution in [3.63, 3.8) is 0 Å². The van der Waals surface area contributed by atoms with Crippen LogP contribution < -0.4 is 0 Å². The predicted octanol–water partition coefficient (Wildman–Crippen LogP) is 1.74. The molecule has 4 radical (unpaired) electrons. The SMILES string of the molecule is [CH]C([CH])=CCC. The van der Waals surface area contributed by atoms with Crippen LogP contribution in [0.4, 0.5) is 0 Å².